The Hall–Kier alpha value is -0.290. The number of alkyl halides is 3. The van der Waals surface area contributed by atoms with Gasteiger partial charge in [0.25, 0.3) is 0 Å². The summed E-state index contributed by atoms with van der Waals surface area (Å²) in [6, 6.07) is 0.520. The number of hydrogen-bond donors (Lipinski definition) is 1. The average molecular weight is 237 g/mol. The quantitative estimate of drug-likeness (QED) is 0.793. The Labute approximate surface area is 93.5 Å². The highest BCUT2D eigenvalue weighted by atomic mass is 19.4. The fraction of sp³-hybridized carbons (Fsp3) is 1.00. The van der Waals surface area contributed by atoms with Crippen molar-refractivity contribution >= 4 is 0 Å². The molecule has 0 heterocycles. The zero-order valence-corrected chi connectivity index (χ0v) is 9.28. The number of nitrogens with one attached hydrogen (secondary N) is 1. The average Bonchev–Trinajstić information content (AvgIpc) is 2.91. The molecule has 0 bridgehead atoms. The standard InChI is InChI=1S/C11H18F3NO/c12-11(13,14)8-16-10(5-1-2-6-10)7-15-9-3-4-9/h9,15H,1-8H2. The molecule has 0 radical (unpaired) electrons. The van der Waals surface area contributed by atoms with Crippen LogP contribution >= 0.6 is 0 Å². The molecule has 2 rings (SSSR count). The van der Waals surface area contributed by atoms with Crippen molar-refractivity contribution in [2.24, 2.45) is 0 Å². The van der Waals surface area contributed by atoms with Crippen LogP contribution in [0.25, 0.3) is 0 Å². The molecule has 94 valence electrons. The molecule has 2 saturated carbocycles. The lowest BCUT2D eigenvalue weighted by Crippen LogP contribution is -2.43. The first kappa shape index (κ1) is 12.2. The van der Waals surface area contributed by atoms with Crippen molar-refractivity contribution in [1.29, 1.82) is 0 Å². The van der Waals surface area contributed by atoms with Gasteiger partial charge in [0.2, 0.25) is 0 Å². The van der Waals surface area contributed by atoms with Gasteiger partial charge in [-0.25, -0.2) is 0 Å². The fourth-order valence-corrected chi connectivity index (χ4v) is 2.24. The van der Waals surface area contributed by atoms with Crippen LogP contribution in [0.15, 0.2) is 0 Å². The van der Waals surface area contributed by atoms with Crippen molar-refractivity contribution in [3.05, 3.63) is 0 Å². The van der Waals surface area contributed by atoms with Gasteiger partial charge >= 0.3 is 6.18 Å². The maximum atomic E-state index is 12.1. The summed E-state index contributed by atoms with van der Waals surface area (Å²) in [4.78, 5) is 0. The minimum Gasteiger partial charge on any atom is -0.364 e. The van der Waals surface area contributed by atoms with Crippen LogP contribution in [0.3, 0.4) is 0 Å². The molecular weight excluding hydrogens is 219 g/mol. The van der Waals surface area contributed by atoms with E-state index in [0.717, 1.165) is 38.5 Å². The van der Waals surface area contributed by atoms with E-state index in [2.05, 4.69) is 5.32 Å². The van der Waals surface area contributed by atoms with Crippen molar-refractivity contribution in [2.45, 2.75) is 56.3 Å². The van der Waals surface area contributed by atoms with Crippen molar-refractivity contribution in [3.8, 4) is 0 Å². The molecule has 0 aromatic carbocycles. The normalized spacial score (nSPS) is 24.9. The molecule has 2 aliphatic rings. The summed E-state index contributed by atoms with van der Waals surface area (Å²) in [5, 5.41) is 3.28. The first-order valence-corrected chi connectivity index (χ1v) is 5.93. The zero-order valence-electron chi connectivity index (χ0n) is 9.28. The van der Waals surface area contributed by atoms with Crippen LogP contribution in [0.4, 0.5) is 13.2 Å². The van der Waals surface area contributed by atoms with Crippen LogP contribution < -0.4 is 5.32 Å². The van der Waals surface area contributed by atoms with Crippen molar-refractivity contribution in [1.82, 2.24) is 5.32 Å². The minimum absolute atomic E-state index is 0.520. The van der Waals surface area contributed by atoms with E-state index in [1.54, 1.807) is 0 Å². The Morgan fingerprint density at radius 2 is 1.81 bits per heavy atom. The lowest BCUT2D eigenvalue weighted by atomic mass is 10.0. The van der Waals surface area contributed by atoms with E-state index in [1.807, 2.05) is 0 Å². The van der Waals surface area contributed by atoms with Crippen LogP contribution in [0.1, 0.15) is 38.5 Å². The SMILES string of the molecule is FC(F)(F)COC1(CNC2CC2)CCCC1. The Kier molecular flexibility index (Phi) is 3.45. The van der Waals surface area contributed by atoms with Crippen molar-refractivity contribution < 1.29 is 17.9 Å². The summed E-state index contributed by atoms with van der Waals surface area (Å²) in [6.07, 6.45) is 1.54. The van der Waals surface area contributed by atoms with Gasteiger partial charge < -0.3 is 10.1 Å². The number of rotatable bonds is 5. The molecule has 0 unspecified atom stereocenters. The van der Waals surface area contributed by atoms with E-state index in [9.17, 15) is 13.2 Å². The van der Waals surface area contributed by atoms with Crippen LogP contribution in [0.2, 0.25) is 0 Å². The Morgan fingerprint density at radius 1 is 1.19 bits per heavy atom. The molecule has 2 fully saturated rings. The third kappa shape index (κ3) is 3.63. The van der Waals surface area contributed by atoms with E-state index in [-0.39, 0.29) is 0 Å². The fourth-order valence-electron chi connectivity index (χ4n) is 2.24. The zero-order chi connectivity index (χ0) is 11.6. The van der Waals surface area contributed by atoms with Gasteiger partial charge in [0.15, 0.2) is 0 Å². The molecule has 2 nitrogen and oxygen atoms in total. The summed E-state index contributed by atoms with van der Waals surface area (Å²) in [5.74, 6) is 0. The van der Waals surface area contributed by atoms with Gasteiger partial charge in [-0.15, -0.1) is 0 Å². The van der Waals surface area contributed by atoms with E-state index in [0.29, 0.717) is 12.6 Å². The monoisotopic (exact) mass is 237 g/mol. The second-order valence-electron chi connectivity index (χ2n) is 4.95. The number of halogens is 3. The van der Waals surface area contributed by atoms with Gasteiger partial charge in [0.1, 0.15) is 6.61 Å². The highest BCUT2D eigenvalue weighted by Crippen LogP contribution is 2.35. The van der Waals surface area contributed by atoms with E-state index in [4.69, 9.17) is 4.74 Å². The molecule has 0 saturated heterocycles. The highest BCUT2D eigenvalue weighted by Gasteiger charge is 2.40. The summed E-state index contributed by atoms with van der Waals surface area (Å²) >= 11 is 0. The highest BCUT2D eigenvalue weighted by molar-refractivity contribution is 4.92. The maximum absolute atomic E-state index is 12.1. The topological polar surface area (TPSA) is 21.3 Å². The third-order valence-corrected chi connectivity index (χ3v) is 3.35. The van der Waals surface area contributed by atoms with Gasteiger partial charge in [0, 0.05) is 12.6 Å². The summed E-state index contributed by atoms with van der Waals surface area (Å²) in [6.45, 7) is -0.535. The molecule has 0 aliphatic heterocycles. The lowest BCUT2D eigenvalue weighted by Gasteiger charge is -2.30. The number of hydrogen-bond acceptors (Lipinski definition) is 2. The van der Waals surface area contributed by atoms with E-state index >= 15 is 0 Å². The van der Waals surface area contributed by atoms with Gasteiger partial charge in [-0.2, -0.15) is 13.2 Å². The van der Waals surface area contributed by atoms with Crippen molar-refractivity contribution in [2.75, 3.05) is 13.2 Å². The largest absolute Gasteiger partial charge is 0.411 e. The smallest absolute Gasteiger partial charge is 0.364 e. The Balaban J connectivity index is 1.81. The predicted octanol–water partition coefficient (Wildman–Crippen LogP) is 2.63. The molecule has 5 heteroatoms. The van der Waals surface area contributed by atoms with Crippen LogP contribution in [0, 0.1) is 0 Å². The number of ether oxygens (including phenoxy) is 1. The summed E-state index contributed by atoms with van der Waals surface area (Å²) in [5.41, 5.74) is -0.557. The molecule has 2 aliphatic carbocycles. The van der Waals surface area contributed by atoms with E-state index in [1.165, 1.54) is 0 Å². The minimum atomic E-state index is -4.21. The van der Waals surface area contributed by atoms with Crippen molar-refractivity contribution in [3.63, 3.8) is 0 Å². The van der Waals surface area contributed by atoms with Crippen LogP contribution in [-0.4, -0.2) is 31.0 Å². The predicted molar refractivity (Wildman–Crippen MR) is 54.2 cm³/mol. The lowest BCUT2D eigenvalue weighted by molar-refractivity contribution is -0.204. The maximum Gasteiger partial charge on any atom is 0.411 e. The molecule has 0 amide bonds. The Morgan fingerprint density at radius 3 is 2.31 bits per heavy atom. The van der Waals surface area contributed by atoms with Gasteiger partial charge in [-0.05, 0) is 25.7 Å². The first-order valence-electron chi connectivity index (χ1n) is 5.93. The summed E-state index contributed by atoms with van der Waals surface area (Å²) < 4.78 is 41.6. The molecule has 0 spiro atoms. The molecule has 0 atom stereocenters. The molecular formula is C11H18F3NO. The second-order valence-corrected chi connectivity index (χ2v) is 4.95. The van der Waals surface area contributed by atoms with Crippen LogP contribution in [-0.2, 0) is 4.74 Å². The molecule has 0 aromatic rings. The molecule has 1 N–H and O–H groups in total. The van der Waals surface area contributed by atoms with E-state index < -0.39 is 18.4 Å². The van der Waals surface area contributed by atoms with Gasteiger partial charge in [-0.1, -0.05) is 12.8 Å². The van der Waals surface area contributed by atoms with Gasteiger partial charge in [-0.3, -0.25) is 0 Å². The second kappa shape index (κ2) is 4.53. The Bertz CT molecular complexity index is 232. The first-order chi connectivity index (χ1) is 7.49. The summed E-state index contributed by atoms with van der Waals surface area (Å²) in [7, 11) is 0. The van der Waals surface area contributed by atoms with Gasteiger partial charge in [0.05, 0.1) is 5.60 Å². The molecule has 0 aromatic heterocycles. The molecule has 16 heavy (non-hydrogen) atoms. The third-order valence-electron chi connectivity index (χ3n) is 3.35. The van der Waals surface area contributed by atoms with Crippen LogP contribution in [0.5, 0.6) is 0 Å².